The van der Waals surface area contributed by atoms with Crippen molar-refractivity contribution in [2.24, 2.45) is 0 Å². The Bertz CT molecular complexity index is 700. The number of aromatic nitrogens is 2. The molecule has 0 atom stereocenters. The highest BCUT2D eigenvalue weighted by Crippen LogP contribution is 2.24. The fourth-order valence-electron chi connectivity index (χ4n) is 1.57. The second-order valence-electron chi connectivity index (χ2n) is 4.50. The molecule has 0 aliphatic rings. The first-order valence-corrected chi connectivity index (χ1v) is 7.30. The number of halogens is 1. The van der Waals surface area contributed by atoms with Crippen LogP contribution in [-0.4, -0.2) is 27.0 Å². The predicted octanol–water partition coefficient (Wildman–Crippen LogP) is 3.27. The van der Waals surface area contributed by atoms with Crippen LogP contribution >= 0.6 is 22.9 Å². The van der Waals surface area contributed by atoms with Gasteiger partial charge in [0.1, 0.15) is 10.7 Å². The van der Waals surface area contributed by atoms with Crippen LogP contribution in [0.25, 0.3) is 0 Å². The summed E-state index contributed by atoms with van der Waals surface area (Å²) in [6.45, 7) is 3.79. The molecule has 0 saturated heterocycles. The summed E-state index contributed by atoms with van der Waals surface area (Å²) in [7, 11) is 0. The van der Waals surface area contributed by atoms with Gasteiger partial charge in [0.2, 0.25) is 0 Å². The summed E-state index contributed by atoms with van der Waals surface area (Å²) in [4.78, 5) is 31.5. The number of nitrogens with zero attached hydrogens (tertiary/aromatic N) is 2. The lowest BCUT2D eigenvalue weighted by Gasteiger charge is -2.08. The number of carboxylic acids is 1. The number of hydrogen-bond acceptors (Lipinski definition) is 5. The monoisotopic (exact) mass is 325 g/mol. The molecule has 21 heavy (non-hydrogen) atoms. The summed E-state index contributed by atoms with van der Waals surface area (Å²) in [6, 6.07) is 1.52. The van der Waals surface area contributed by atoms with Gasteiger partial charge in [-0.05, 0) is 11.4 Å². The summed E-state index contributed by atoms with van der Waals surface area (Å²) < 4.78 is 0. The van der Waals surface area contributed by atoms with Crippen LogP contribution in [0.3, 0.4) is 0 Å². The van der Waals surface area contributed by atoms with Crippen LogP contribution in [-0.2, 0) is 0 Å². The van der Waals surface area contributed by atoms with E-state index < -0.39 is 11.9 Å². The lowest BCUT2D eigenvalue weighted by molar-refractivity contribution is 0.0703. The average molecular weight is 326 g/mol. The predicted molar refractivity (Wildman–Crippen MR) is 80.4 cm³/mol. The molecule has 2 heterocycles. The highest BCUT2D eigenvalue weighted by atomic mass is 35.5. The summed E-state index contributed by atoms with van der Waals surface area (Å²) in [5, 5.41) is 13.2. The number of carbonyl (C=O) groups is 2. The van der Waals surface area contributed by atoms with Crippen LogP contribution in [0.5, 0.6) is 0 Å². The third-order valence-electron chi connectivity index (χ3n) is 2.60. The Morgan fingerprint density at radius 3 is 2.76 bits per heavy atom. The van der Waals surface area contributed by atoms with Crippen LogP contribution in [0.4, 0.5) is 5.69 Å². The maximum absolute atomic E-state index is 12.2. The van der Waals surface area contributed by atoms with E-state index in [0.29, 0.717) is 5.82 Å². The topological polar surface area (TPSA) is 92.2 Å². The number of carboxylic acid groups (broad SMARTS) is 1. The molecule has 2 aromatic heterocycles. The Morgan fingerprint density at radius 1 is 1.43 bits per heavy atom. The molecular weight excluding hydrogens is 314 g/mol. The minimum absolute atomic E-state index is 0.0258. The van der Waals surface area contributed by atoms with Crippen molar-refractivity contribution in [2.75, 3.05) is 5.32 Å². The molecule has 0 aliphatic heterocycles. The van der Waals surface area contributed by atoms with E-state index in [2.05, 4.69) is 15.3 Å². The Hall–Kier alpha value is -1.99. The number of aromatic carboxylic acids is 1. The van der Waals surface area contributed by atoms with Gasteiger partial charge in [-0.15, -0.1) is 11.3 Å². The number of hydrogen-bond donors (Lipinski definition) is 2. The minimum atomic E-state index is -1.10. The quantitative estimate of drug-likeness (QED) is 0.900. The van der Waals surface area contributed by atoms with E-state index >= 15 is 0 Å². The van der Waals surface area contributed by atoms with Crippen molar-refractivity contribution in [1.82, 2.24) is 9.97 Å². The molecule has 2 N–H and O–H groups in total. The Labute approximate surface area is 129 Å². The second kappa shape index (κ2) is 6.19. The summed E-state index contributed by atoms with van der Waals surface area (Å²) >= 11 is 6.97. The van der Waals surface area contributed by atoms with Gasteiger partial charge in [0.25, 0.3) is 5.91 Å². The zero-order chi connectivity index (χ0) is 15.6. The molecule has 0 aliphatic carbocycles. The van der Waals surface area contributed by atoms with Gasteiger partial charge in [-0.3, -0.25) is 4.79 Å². The molecule has 0 bridgehead atoms. The molecule has 2 rings (SSSR count). The maximum Gasteiger partial charge on any atom is 0.348 e. The van der Waals surface area contributed by atoms with E-state index in [9.17, 15) is 9.59 Å². The number of thiophene rings is 1. The molecule has 6 nitrogen and oxygen atoms in total. The Balaban J connectivity index is 2.30. The first-order valence-electron chi connectivity index (χ1n) is 6.04. The SMILES string of the molecule is CC(C)c1ncc(Cl)c(C(=O)Nc2ccsc2C(=O)O)n1. The zero-order valence-corrected chi connectivity index (χ0v) is 12.8. The fourth-order valence-corrected chi connectivity index (χ4v) is 2.44. The molecule has 0 aromatic carbocycles. The van der Waals surface area contributed by atoms with E-state index in [1.165, 1.54) is 12.3 Å². The largest absolute Gasteiger partial charge is 0.477 e. The van der Waals surface area contributed by atoms with Crippen LogP contribution in [0.1, 0.15) is 45.7 Å². The first kappa shape index (κ1) is 15.4. The van der Waals surface area contributed by atoms with E-state index in [1.54, 1.807) is 5.38 Å². The Kier molecular flexibility index (Phi) is 4.54. The molecule has 0 radical (unpaired) electrons. The van der Waals surface area contributed by atoms with Crippen molar-refractivity contribution >= 4 is 40.5 Å². The van der Waals surface area contributed by atoms with Crippen molar-refractivity contribution in [2.45, 2.75) is 19.8 Å². The number of rotatable bonds is 4. The summed E-state index contributed by atoms with van der Waals surface area (Å²) in [5.41, 5.74) is 0.246. The van der Waals surface area contributed by atoms with Crippen molar-refractivity contribution < 1.29 is 14.7 Å². The lowest BCUT2D eigenvalue weighted by atomic mass is 10.2. The van der Waals surface area contributed by atoms with Crippen molar-refractivity contribution in [3.05, 3.63) is 39.1 Å². The van der Waals surface area contributed by atoms with Crippen LogP contribution in [0.2, 0.25) is 5.02 Å². The van der Waals surface area contributed by atoms with Crippen LogP contribution < -0.4 is 5.32 Å². The highest BCUT2D eigenvalue weighted by molar-refractivity contribution is 7.12. The van der Waals surface area contributed by atoms with Gasteiger partial charge in [-0.2, -0.15) is 0 Å². The average Bonchev–Trinajstić information content (AvgIpc) is 2.87. The second-order valence-corrected chi connectivity index (χ2v) is 5.83. The third kappa shape index (κ3) is 3.37. The third-order valence-corrected chi connectivity index (χ3v) is 3.78. The summed E-state index contributed by atoms with van der Waals surface area (Å²) in [5.74, 6) is -1.12. The number of nitrogens with one attached hydrogen (secondary N) is 1. The molecular formula is C13H12ClN3O3S. The number of anilines is 1. The van der Waals surface area contributed by atoms with Gasteiger partial charge >= 0.3 is 5.97 Å². The number of carbonyl (C=O) groups excluding carboxylic acids is 1. The molecule has 0 spiro atoms. The fraction of sp³-hybridized carbons (Fsp3) is 0.231. The van der Waals surface area contributed by atoms with Gasteiger partial charge in [0.05, 0.1) is 16.9 Å². The van der Waals surface area contributed by atoms with E-state index in [4.69, 9.17) is 16.7 Å². The normalized spacial score (nSPS) is 10.7. The van der Waals surface area contributed by atoms with Crippen LogP contribution in [0, 0.1) is 0 Å². The number of amides is 1. The molecule has 1 amide bonds. The minimum Gasteiger partial charge on any atom is -0.477 e. The standard InChI is InChI=1S/C13H12ClN3O3S/c1-6(2)11-15-5-7(14)9(17-11)12(18)16-8-3-4-21-10(8)13(19)20/h3-6H,1-2H3,(H,16,18)(H,19,20). The van der Waals surface area contributed by atoms with Gasteiger partial charge < -0.3 is 10.4 Å². The molecule has 8 heteroatoms. The first-order chi connectivity index (χ1) is 9.90. The van der Waals surface area contributed by atoms with E-state index in [1.807, 2.05) is 13.8 Å². The van der Waals surface area contributed by atoms with Gasteiger partial charge in [0, 0.05) is 5.92 Å². The van der Waals surface area contributed by atoms with Crippen molar-refractivity contribution in [3.8, 4) is 0 Å². The van der Waals surface area contributed by atoms with Crippen LogP contribution in [0.15, 0.2) is 17.6 Å². The zero-order valence-electron chi connectivity index (χ0n) is 11.3. The van der Waals surface area contributed by atoms with Gasteiger partial charge in [-0.1, -0.05) is 25.4 Å². The highest BCUT2D eigenvalue weighted by Gasteiger charge is 2.19. The molecule has 0 saturated carbocycles. The van der Waals surface area contributed by atoms with E-state index in [-0.39, 0.29) is 27.2 Å². The van der Waals surface area contributed by atoms with Gasteiger partial charge in [-0.25, -0.2) is 14.8 Å². The summed E-state index contributed by atoms with van der Waals surface area (Å²) in [6.07, 6.45) is 1.37. The van der Waals surface area contributed by atoms with E-state index in [0.717, 1.165) is 11.3 Å². The van der Waals surface area contributed by atoms with Crippen molar-refractivity contribution in [1.29, 1.82) is 0 Å². The molecule has 0 unspecified atom stereocenters. The lowest BCUT2D eigenvalue weighted by Crippen LogP contribution is -2.17. The maximum atomic E-state index is 12.2. The molecule has 110 valence electrons. The molecule has 0 fully saturated rings. The van der Waals surface area contributed by atoms with Gasteiger partial charge in [0.15, 0.2) is 5.69 Å². The smallest absolute Gasteiger partial charge is 0.348 e. The molecule has 2 aromatic rings. The van der Waals surface area contributed by atoms with Crippen molar-refractivity contribution in [3.63, 3.8) is 0 Å². The Morgan fingerprint density at radius 2 is 2.14 bits per heavy atom.